The van der Waals surface area contributed by atoms with Gasteiger partial charge < -0.3 is 0 Å². The maximum absolute atomic E-state index is 13.1. The van der Waals surface area contributed by atoms with Gasteiger partial charge in [0.05, 0.1) is 14.5 Å². The third kappa shape index (κ3) is 3.35. The molecule has 0 fully saturated rings. The van der Waals surface area contributed by atoms with Crippen molar-refractivity contribution in [3.05, 3.63) is 67.9 Å². The summed E-state index contributed by atoms with van der Waals surface area (Å²) in [6, 6.07) is 9.36. The Morgan fingerprint density at radius 2 is 1.95 bits per heavy atom. The zero-order valence-electron chi connectivity index (χ0n) is 9.59. The highest BCUT2D eigenvalue weighted by molar-refractivity contribution is 9.10. The van der Waals surface area contributed by atoms with E-state index in [1.54, 1.807) is 30.3 Å². The average molecular weight is 362 g/mol. The van der Waals surface area contributed by atoms with Crippen LogP contribution in [0.2, 0.25) is 10.0 Å². The Labute approximate surface area is 128 Å². The molecule has 0 N–H and O–H groups in total. The van der Waals surface area contributed by atoms with Crippen LogP contribution in [0.5, 0.6) is 0 Å². The Morgan fingerprint density at radius 3 is 2.63 bits per heavy atom. The van der Waals surface area contributed by atoms with Crippen molar-refractivity contribution < 1.29 is 9.18 Å². The van der Waals surface area contributed by atoms with Gasteiger partial charge in [-0.15, -0.1) is 0 Å². The summed E-state index contributed by atoms with van der Waals surface area (Å²) in [5.74, 6) is -0.525. The first-order valence-corrected chi connectivity index (χ1v) is 6.95. The van der Waals surface area contributed by atoms with E-state index in [0.717, 1.165) is 0 Å². The van der Waals surface area contributed by atoms with E-state index in [9.17, 15) is 9.18 Å². The van der Waals surface area contributed by atoms with Gasteiger partial charge in [0, 0.05) is 12.0 Å². The van der Waals surface area contributed by atoms with Crippen LogP contribution in [0.25, 0.3) is 0 Å². The quantitative estimate of drug-likeness (QED) is 0.676. The van der Waals surface area contributed by atoms with Crippen molar-refractivity contribution in [2.75, 3.05) is 0 Å². The lowest BCUT2D eigenvalue weighted by molar-refractivity contribution is 0.0993. The molecule has 0 aromatic heterocycles. The lowest BCUT2D eigenvalue weighted by Gasteiger charge is -2.06. The minimum absolute atomic E-state index is 0.138. The largest absolute Gasteiger partial charge is 0.294 e. The van der Waals surface area contributed by atoms with Crippen LogP contribution in [-0.4, -0.2) is 5.78 Å². The molecule has 19 heavy (non-hydrogen) atoms. The van der Waals surface area contributed by atoms with E-state index in [-0.39, 0.29) is 23.0 Å². The van der Waals surface area contributed by atoms with Gasteiger partial charge in [-0.2, -0.15) is 0 Å². The number of ketones is 1. The maximum atomic E-state index is 13.1. The number of hydrogen-bond acceptors (Lipinski definition) is 1. The standard InChI is InChI=1S/C14H8BrCl2FO/c15-10-6-8(4-5-12(10)18)7-13(19)9-2-1-3-11(16)14(9)17/h1-6H,7H2. The number of carbonyl (C=O) groups excluding carboxylic acids is 1. The molecule has 2 rings (SSSR count). The second-order valence-corrected chi connectivity index (χ2v) is 5.59. The molecule has 0 heterocycles. The Balaban J connectivity index is 2.26. The molecular formula is C14H8BrCl2FO. The predicted molar refractivity (Wildman–Crippen MR) is 78.6 cm³/mol. The topological polar surface area (TPSA) is 17.1 Å². The van der Waals surface area contributed by atoms with Gasteiger partial charge in [-0.05, 0) is 45.8 Å². The fourth-order valence-corrected chi connectivity index (χ4v) is 2.48. The zero-order valence-corrected chi connectivity index (χ0v) is 12.7. The van der Waals surface area contributed by atoms with Crippen molar-refractivity contribution in [1.29, 1.82) is 0 Å². The molecule has 0 aliphatic rings. The van der Waals surface area contributed by atoms with Gasteiger partial charge in [0.15, 0.2) is 5.78 Å². The molecule has 98 valence electrons. The van der Waals surface area contributed by atoms with Crippen LogP contribution in [0, 0.1) is 5.82 Å². The van der Waals surface area contributed by atoms with Gasteiger partial charge in [-0.3, -0.25) is 4.79 Å². The van der Waals surface area contributed by atoms with Crippen molar-refractivity contribution in [2.24, 2.45) is 0 Å². The van der Waals surface area contributed by atoms with Crippen LogP contribution in [-0.2, 0) is 6.42 Å². The molecule has 0 atom stereocenters. The molecule has 5 heteroatoms. The highest BCUT2D eigenvalue weighted by Gasteiger charge is 2.13. The van der Waals surface area contributed by atoms with E-state index in [2.05, 4.69) is 15.9 Å². The second kappa shape index (κ2) is 6.04. The summed E-state index contributed by atoms with van der Waals surface area (Å²) in [7, 11) is 0. The Hall–Kier alpha value is -0.900. The van der Waals surface area contributed by atoms with Crippen LogP contribution in [0.1, 0.15) is 15.9 Å². The van der Waals surface area contributed by atoms with Crippen molar-refractivity contribution in [1.82, 2.24) is 0 Å². The number of rotatable bonds is 3. The van der Waals surface area contributed by atoms with Gasteiger partial charge in [0.1, 0.15) is 5.82 Å². The van der Waals surface area contributed by atoms with Crippen molar-refractivity contribution >= 4 is 44.9 Å². The van der Waals surface area contributed by atoms with Crippen LogP contribution >= 0.6 is 39.1 Å². The minimum Gasteiger partial charge on any atom is -0.294 e. The molecule has 0 aliphatic carbocycles. The number of Topliss-reactive ketones (excluding diaryl/α,β-unsaturated/α-hetero) is 1. The van der Waals surface area contributed by atoms with Crippen molar-refractivity contribution in [3.63, 3.8) is 0 Å². The summed E-state index contributed by atoms with van der Waals surface area (Å²) >= 11 is 14.9. The first-order chi connectivity index (χ1) is 8.99. The van der Waals surface area contributed by atoms with Crippen LogP contribution in [0.4, 0.5) is 4.39 Å². The molecule has 2 aromatic rings. The summed E-state index contributed by atoms with van der Waals surface area (Å²) in [4.78, 5) is 12.1. The van der Waals surface area contributed by atoms with Crippen molar-refractivity contribution in [2.45, 2.75) is 6.42 Å². The molecule has 0 saturated carbocycles. The zero-order chi connectivity index (χ0) is 14.0. The highest BCUT2D eigenvalue weighted by Crippen LogP contribution is 2.27. The third-order valence-corrected chi connectivity index (χ3v) is 4.03. The highest BCUT2D eigenvalue weighted by atomic mass is 79.9. The summed E-state index contributed by atoms with van der Waals surface area (Å²) < 4.78 is 13.4. The minimum atomic E-state index is -0.364. The number of hydrogen-bond donors (Lipinski definition) is 0. The molecule has 0 aliphatic heterocycles. The summed E-state index contributed by atoms with van der Waals surface area (Å²) in [5, 5.41) is 0.586. The SMILES string of the molecule is O=C(Cc1ccc(F)c(Br)c1)c1cccc(Cl)c1Cl. The molecular weight excluding hydrogens is 354 g/mol. The molecule has 0 saturated heterocycles. The van der Waals surface area contributed by atoms with E-state index < -0.39 is 0 Å². The van der Waals surface area contributed by atoms with Crippen molar-refractivity contribution in [3.8, 4) is 0 Å². The van der Waals surface area contributed by atoms with Crippen LogP contribution < -0.4 is 0 Å². The smallest absolute Gasteiger partial charge is 0.168 e. The van der Waals surface area contributed by atoms with E-state index >= 15 is 0 Å². The molecule has 0 amide bonds. The fraction of sp³-hybridized carbons (Fsp3) is 0.0714. The summed E-state index contributed by atoms with van der Waals surface area (Å²) in [5.41, 5.74) is 1.07. The average Bonchev–Trinajstić information content (AvgIpc) is 2.37. The van der Waals surface area contributed by atoms with Gasteiger partial charge in [0.2, 0.25) is 0 Å². The fourth-order valence-electron chi connectivity index (χ4n) is 1.65. The first kappa shape index (κ1) is 14.5. The lowest BCUT2D eigenvalue weighted by atomic mass is 10.0. The van der Waals surface area contributed by atoms with Crippen LogP contribution in [0.3, 0.4) is 0 Å². The van der Waals surface area contributed by atoms with E-state index in [1.165, 1.54) is 6.07 Å². The third-order valence-electron chi connectivity index (χ3n) is 2.60. The number of benzene rings is 2. The molecule has 0 bridgehead atoms. The monoisotopic (exact) mass is 360 g/mol. The van der Waals surface area contributed by atoms with E-state index in [4.69, 9.17) is 23.2 Å². The molecule has 0 radical (unpaired) electrons. The second-order valence-electron chi connectivity index (χ2n) is 3.95. The first-order valence-electron chi connectivity index (χ1n) is 5.40. The molecule has 1 nitrogen and oxygen atoms in total. The predicted octanol–water partition coefficient (Wildman–Crippen LogP) is 5.32. The maximum Gasteiger partial charge on any atom is 0.168 e. The molecule has 0 spiro atoms. The Bertz CT molecular complexity index is 643. The molecule has 2 aromatic carbocycles. The number of carbonyl (C=O) groups is 1. The summed E-state index contributed by atoms with van der Waals surface area (Å²) in [6.45, 7) is 0. The van der Waals surface area contributed by atoms with Gasteiger partial charge in [0.25, 0.3) is 0 Å². The van der Waals surface area contributed by atoms with Gasteiger partial charge in [-0.25, -0.2) is 4.39 Å². The van der Waals surface area contributed by atoms with Gasteiger partial charge in [-0.1, -0.05) is 35.3 Å². The normalized spacial score (nSPS) is 10.5. The van der Waals surface area contributed by atoms with E-state index in [0.29, 0.717) is 20.6 Å². The lowest BCUT2D eigenvalue weighted by Crippen LogP contribution is -2.04. The van der Waals surface area contributed by atoms with Gasteiger partial charge >= 0.3 is 0 Å². The van der Waals surface area contributed by atoms with Crippen LogP contribution in [0.15, 0.2) is 40.9 Å². The van der Waals surface area contributed by atoms with E-state index in [1.807, 2.05) is 0 Å². The molecule has 0 unspecified atom stereocenters. The summed E-state index contributed by atoms with van der Waals surface area (Å²) in [6.07, 6.45) is 0.138. The Morgan fingerprint density at radius 1 is 1.21 bits per heavy atom. The Kier molecular flexibility index (Phi) is 4.61. The number of halogens is 4.